The molecule has 38 heavy (non-hydrogen) atoms. The van der Waals surface area contributed by atoms with E-state index in [-0.39, 0.29) is 27.6 Å². The molecule has 0 spiro atoms. The van der Waals surface area contributed by atoms with Crippen molar-refractivity contribution in [1.82, 2.24) is 0 Å². The van der Waals surface area contributed by atoms with Crippen molar-refractivity contribution < 1.29 is 33.5 Å². The van der Waals surface area contributed by atoms with Crippen LogP contribution in [0.5, 0.6) is 0 Å². The van der Waals surface area contributed by atoms with Crippen molar-refractivity contribution in [2.45, 2.75) is 26.0 Å². The van der Waals surface area contributed by atoms with Gasteiger partial charge in [-0.25, -0.2) is 19.6 Å². The van der Waals surface area contributed by atoms with E-state index in [2.05, 4.69) is 0 Å². The molecule has 2 aromatic carbocycles. The molecule has 196 valence electrons. The van der Waals surface area contributed by atoms with Crippen molar-refractivity contribution in [1.29, 1.82) is 0 Å². The molecule has 2 saturated heterocycles. The third-order valence-corrected chi connectivity index (χ3v) is 8.13. The molecule has 5 rings (SSSR count). The number of hydrogen-bond donors (Lipinski definition) is 0. The van der Waals surface area contributed by atoms with E-state index in [9.17, 15) is 19.2 Å². The molecule has 0 aliphatic carbocycles. The second kappa shape index (κ2) is 10.2. The molecule has 0 bridgehead atoms. The van der Waals surface area contributed by atoms with Crippen LogP contribution in [0.3, 0.4) is 0 Å². The maximum atomic E-state index is 14.0. The Kier molecular flexibility index (Phi) is 6.95. The molecule has 3 atom stereocenters. The minimum atomic E-state index is -1.18. The van der Waals surface area contributed by atoms with Gasteiger partial charge in [-0.3, -0.25) is 14.4 Å². The van der Waals surface area contributed by atoms with Crippen LogP contribution in [0.15, 0.2) is 54.6 Å². The SMILES string of the molecule is CCOC(=O)c1sc(N2C(=O)[C@H]3[C@H](ON(c4ccccc4)[C@@H]3c3ccccc3Cl)C2=O)c(C(=O)OC)c1C. The normalized spacial score (nSPS) is 20.6. The Bertz CT molecular complexity index is 1440. The predicted octanol–water partition coefficient (Wildman–Crippen LogP) is 4.72. The molecule has 1 aromatic heterocycles. The Morgan fingerprint density at radius 3 is 2.37 bits per heavy atom. The molecule has 3 aromatic rings. The molecule has 0 radical (unpaired) electrons. The quantitative estimate of drug-likeness (QED) is 0.318. The summed E-state index contributed by atoms with van der Waals surface area (Å²) in [7, 11) is 1.18. The highest BCUT2D eigenvalue weighted by Gasteiger charge is 2.61. The van der Waals surface area contributed by atoms with Crippen LogP contribution in [-0.4, -0.2) is 43.6 Å². The van der Waals surface area contributed by atoms with E-state index in [1.165, 1.54) is 12.2 Å². The summed E-state index contributed by atoms with van der Waals surface area (Å²) in [4.78, 5) is 60.3. The molecule has 2 aliphatic rings. The average molecular weight is 555 g/mol. The Balaban J connectivity index is 1.62. The van der Waals surface area contributed by atoms with Crippen LogP contribution in [0, 0.1) is 12.8 Å². The number of nitrogens with zero attached hydrogens (tertiary/aromatic N) is 2. The summed E-state index contributed by atoms with van der Waals surface area (Å²) in [6, 6.07) is 15.4. The van der Waals surface area contributed by atoms with Crippen LogP contribution < -0.4 is 9.96 Å². The zero-order valence-electron chi connectivity index (χ0n) is 20.7. The van der Waals surface area contributed by atoms with Gasteiger partial charge < -0.3 is 9.47 Å². The van der Waals surface area contributed by atoms with Gasteiger partial charge in [0, 0.05) is 5.02 Å². The third kappa shape index (κ3) is 4.05. The largest absolute Gasteiger partial charge is 0.465 e. The Hall–Kier alpha value is -3.73. The smallest absolute Gasteiger partial charge is 0.348 e. The number of hydroxylamine groups is 1. The average Bonchev–Trinajstić information content (AvgIpc) is 3.54. The van der Waals surface area contributed by atoms with Gasteiger partial charge in [-0.05, 0) is 43.2 Å². The van der Waals surface area contributed by atoms with Crippen molar-refractivity contribution >= 4 is 57.4 Å². The molecular weight excluding hydrogens is 532 g/mol. The van der Waals surface area contributed by atoms with Gasteiger partial charge >= 0.3 is 11.9 Å². The van der Waals surface area contributed by atoms with Crippen molar-refractivity contribution in [2.24, 2.45) is 5.92 Å². The summed E-state index contributed by atoms with van der Waals surface area (Å²) in [5.74, 6) is -3.65. The molecule has 11 heteroatoms. The number of imide groups is 1. The fourth-order valence-electron chi connectivity index (χ4n) is 4.83. The highest BCUT2D eigenvalue weighted by Crippen LogP contribution is 2.50. The lowest BCUT2D eigenvalue weighted by molar-refractivity contribution is -0.126. The summed E-state index contributed by atoms with van der Waals surface area (Å²) < 4.78 is 10.0. The summed E-state index contributed by atoms with van der Waals surface area (Å²) in [6.45, 7) is 3.32. The van der Waals surface area contributed by atoms with Crippen LogP contribution in [0.1, 0.15) is 44.1 Å². The van der Waals surface area contributed by atoms with Crippen LogP contribution in [0.2, 0.25) is 5.02 Å². The van der Waals surface area contributed by atoms with E-state index in [0.717, 1.165) is 16.2 Å². The number of rotatable bonds is 6. The van der Waals surface area contributed by atoms with Crippen molar-refractivity contribution in [3.63, 3.8) is 0 Å². The molecular formula is C27H23ClN2O7S. The van der Waals surface area contributed by atoms with Gasteiger partial charge in [-0.2, -0.15) is 0 Å². The van der Waals surface area contributed by atoms with E-state index in [1.54, 1.807) is 50.2 Å². The molecule has 9 nitrogen and oxygen atoms in total. The monoisotopic (exact) mass is 554 g/mol. The second-order valence-corrected chi connectivity index (χ2v) is 10.0. The van der Waals surface area contributed by atoms with Gasteiger partial charge in [-0.1, -0.05) is 48.0 Å². The minimum Gasteiger partial charge on any atom is -0.465 e. The molecule has 0 saturated carbocycles. The molecule has 0 unspecified atom stereocenters. The molecule has 2 aliphatic heterocycles. The van der Waals surface area contributed by atoms with Crippen molar-refractivity contribution in [2.75, 3.05) is 23.7 Å². The summed E-state index contributed by atoms with van der Waals surface area (Å²) in [5.41, 5.74) is 1.47. The zero-order valence-corrected chi connectivity index (χ0v) is 22.2. The molecule has 2 amide bonds. The van der Waals surface area contributed by atoms with Gasteiger partial charge in [0.15, 0.2) is 6.10 Å². The van der Waals surface area contributed by atoms with E-state index < -0.39 is 41.8 Å². The standard InChI is InChI=1S/C27H23ClN2O7S/c1-4-36-27(34)22-14(2)18(26(33)35-3)25(38-22)29-23(31)19-20(16-12-8-9-13-17(16)28)30(37-21(19)24(29)32)15-10-6-5-7-11-15/h5-13,19-21H,4H2,1-3H3/t19-,20-,21+/m1/s1. The van der Waals surface area contributed by atoms with E-state index >= 15 is 0 Å². The Labute approximate surface area is 227 Å². The highest BCUT2D eigenvalue weighted by molar-refractivity contribution is 7.19. The number of para-hydroxylation sites is 1. The van der Waals surface area contributed by atoms with Gasteiger partial charge in [0.25, 0.3) is 5.91 Å². The first-order valence-corrected chi connectivity index (χ1v) is 13.0. The van der Waals surface area contributed by atoms with Gasteiger partial charge in [0.2, 0.25) is 5.91 Å². The van der Waals surface area contributed by atoms with Crippen LogP contribution in [0.4, 0.5) is 10.7 Å². The lowest BCUT2D eigenvalue weighted by atomic mass is 9.90. The van der Waals surface area contributed by atoms with E-state index in [0.29, 0.717) is 16.3 Å². The Morgan fingerprint density at radius 1 is 1.03 bits per heavy atom. The number of carbonyl (C=O) groups is 4. The number of amides is 2. The minimum absolute atomic E-state index is 0.00503. The first-order chi connectivity index (χ1) is 18.3. The number of halogens is 1. The number of thiophene rings is 1. The maximum Gasteiger partial charge on any atom is 0.348 e. The maximum absolute atomic E-state index is 14.0. The number of fused-ring (bicyclic) bond motifs is 1. The fraction of sp³-hybridized carbons (Fsp3) is 0.259. The van der Waals surface area contributed by atoms with E-state index in [4.69, 9.17) is 25.9 Å². The van der Waals surface area contributed by atoms with E-state index in [1.807, 2.05) is 18.2 Å². The number of esters is 2. The van der Waals surface area contributed by atoms with Gasteiger partial charge in [-0.15, -0.1) is 11.3 Å². The first-order valence-electron chi connectivity index (χ1n) is 11.8. The van der Waals surface area contributed by atoms with Gasteiger partial charge in [0.1, 0.15) is 15.8 Å². The number of anilines is 2. The number of methoxy groups -OCH3 is 1. The summed E-state index contributed by atoms with van der Waals surface area (Å²) in [5, 5.41) is 1.94. The summed E-state index contributed by atoms with van der Waals surface area (Å²) >= 11 is 7.39. The lowest BCUT2D eigenvalue weighted by Gasteiger charge is -2.29. The fourth-order valence-corrected chi connectivity index (χ4v) is 6.28. The van der Waals surface area contributed by atoms with Crippen LogP contribution in [0.25, 0.3) is 0 Å². The number of benzene rings is 2. The Morgan fingerprint density at radius 2 is 1.71 bits per heavy atom. The second-order valence-electron chi connectivity index (χ2n) is 8.64. The zero-order chi connectivity index (χ0) is 27.1. The molecule has 0 N–H and O–H groups in total. The van der Waals surface area contributed by atoms with Crippen molar-refractivity contribution in [3.05, 3.63) is 81.2 Å². The summed E-state index contributed by atoms with van der Waals surface area (Å²) in [6.07, 6.45) is -1.18. The highest BCUT2D eigenvalue weighted by atomic mass is 35.5. The molecule has 3 heterocycles. The number of carbonyl (C=O) groups excluding carboxylic acids is 4. The lowest BCUT2D eigenvalue weighted by Crippen LogP contribution is -2.37. The predicted molar refractivity (Wildman–Crippen MR) is 140 cm³/mol. The van der Waals surface area contributed by atoms with Gasteiger partial charge in [0.05, 0.1) is 31.0 Å². The molecule has 2 fully saturated rings. The third-order valence-electron chi connectivity index (χ3n) is 6.53. The van der Waals surface area contributed by atoms with Crippen molar-refractivity contribution in [3.8, 4) is 0 Å². The van der Waals surface area contributed by atoms with Crippen LogP contribution >= 0.6 is 22.9 Å². The topological polar surface area (TPSA) is 102 Å². The number of ether oxygens (including phenoxy) is 2. The number of hydrogen-bond acceptors (Lipinski definition) is 9. The van der Waals surface area contributed by atoms with Crippen LogP contribution in [-0.2, 0) is 23.9 Å². The first kappa shape index (κ1) is 25.9.